The van der Waals surface area contributed by atoms with Crippen LogP contribution in [0.3, 0.4) is 0 Å². The lowest BCUT2D eigenvalue weighted by atomic mass is 9.98. The van der Waals surface area contributed by atoms with Crippen LogP contribution in [-0.4, -0.2) is 4.98 Å². The third-order valence-corrected chi connectivity index (χ3v) is 5.05. The second kappa shape index (κ2) is 7.13. The molecule has 0 amide bonds. The number of aromatic nitrogens is 1. The molecule has 0 atom stereocenters. The van der Waals surface area contributed by atoms with Crippen LogP contribution in [0.15, 0.2) is 103 Å². The van der Waals surface area contributed by atoms with Gasteiger partial charge >= 0.3 is 0 Å². The molecule has 0 bridgehead atoms. The molecule has 1 heterocycles. The summed E-state index contributed by atoms with van der Waals surface area (Å²) in [5, 5.41) is 3.67. The highest BCUT2D eigenvalue weighted by molar-refractivity contribution is 6.11. The van der Waals surface area contributed by atoms with Crippen LogP contribution >= 0.6 is 0 Å². The molecular formula is C27H19N. The highest BCUT2D eigenvalue weighted by atomic mass is 14.7. The van der Waals surface area contributed by atoms with E-state index in [0.29, 0.717) is 0 Å². The fourth-order valence-corrected chi connectivity index (χ4v) is 3.68. The second-order valence-corrected chi connectivity index (χ2v) is 6.89. The van der Waals surface area contributed by atoms with E-state index >= 15 is 0 Å². The van der Waals surface area contributed by atoms with E-state index in [2.05, 4.69) is 103 Å². The maximum atomic E-state index is 4.98. The van der Waals surface area contributed by atoms with Gasteiger partial charge in [0, 0.05) is 10.9 Å². The van der Waals surface area contributed by atoms with E-state index in [1.807, 2.05) is 12.1 Å². The Kier molecular flexibility index (Phi) is 4.19. The van der Waals surface area contributed by atoms with Crippen LogP contribution in [0.1, 0.15) is 11.1 Å². The van der Waals surface area contributed by atoms with Crippen LogP contribution in [0.25, 0.3) is 45.1 Å². The third-order valence-electron chi connectivity index (χ3n) is 5.05. The zero-order valence-corrected chi connectivity index (χ0v) is 15.4. The van der Waals surface area contributed by atoms with Crippen molar-refractivity contribution >= 4 is 33.8 Å². The molecule has 5 aromatic rings. The van der Waals surface area contributed by atoms with Gasteiger partial charge in [-0.25, -0.2) is 4.98 Å². The molecular weight excluding hydrogens is 338 g/mol. The van der Waals surface area contributed by atoms with Crippen molar-refractivity contribution in [3.63, 3.8) is 0 Å². The first-order valence-electron chi connectivity index (χ1n) is 9.49. The van der Waals surface area contributed by atoms with Gasteiger partial charge in [0.1, 0.15) is 0 Å². The van der Waals surface area contributed by atoms with Crippen LogP contribution in [0.4, 0.5) is 0 Å². The molecule has 0 fully saturated rings. The first-order chi connectivity index (χ1) is 13.9. The van der Waals surface area contributed by atoms with Gasteiger partial charge in [0.2, 0.25) is 0 Å². The van der Waals surface area contributed by atoms with Gasteiger partial charge in [0.25, 0.3) is 0 Å². The monoisotopic (exact) mass is 357 g/mol. The van der Waals surface area contributed by atoms with E-state index in [4.69, 9.17) is 4.98 Å². The number of benzene rings is 4. The Morgan fingerprint density at radius 1 is 0.607 bits per heavy atom. The summed E-state index contributed by atoms with van der Waals surface area (Å²) in [5.74, 6) is 0. The first-order valence-corrected chi connectivity index (χ1v) is 9.49. The van der Waals surface area contributed by atoms with Crippen molar-refractivity contribution in [2.45, 2.75) is 0 Å². The molecule has 0 aliphatic heterocycles. The standard InChI is InChI=1S/C27H19N/c1-3-9-20(10-4-1)15-16-23-19-26(22-12-5-2-6-13-22)28-25-18-17-21-11-7-8-14-24(21)27(23)25/h1-19H. The largest absolute Gasteiger partial charge is 0.248 e. The Labute approximate surface area is 164 Å². The summed E-state index contributed by atoms with van der Waals surface area (Å²) in [4.78, 5) is 4.98. The van der Waals surface area contributed by atoms with Crippen LogP contribution in [-0.2, 0) is 0 Å². The Morgan fingerprint density at radius 2 is 1.32 bits per heavy atom. The van der Waals surface area contributed by atoms with Crippen molar-refractivity contribution < 1.29 is 0 Å². The highest BCUT2D eigenvalue weighted by Crippen LogP contribution is 2.31. The molecule has 0 unspecified atom stereocenters. The Hall–Kier alpha value is -3.71. The van der Waals surface area contributed by atoms with Gasteiger partial charge in [-0.15, -0.1) is 0 Å². The lowest BCUT2D eigenvalue weighted by Crippen LogP contribution is -1.90. The van der Waals surface area contributed by atoms with Crippen LogP contribution in [0, 0.1) is 0 Å². The van der Waals surface area contributed by atoms with Crippen molar-refractivity contribution in [1.82, 2.24) is 4.98 Å². The molecule has 1 aromatic heterocycles. The Morgan fingerprint density at radius 3 is 2.14 bits per heavy atom. The number of hydrogen-bond donors (Lipinski definition) is 0. The quantitative estimate of drug-likeness (QED) is 0.310. The van der Waals surface area contributed by atoms with Gasteiger partial charge in [0.15, 0.2) is 0 Å². The minimum absolute atomic E-state index is 0.996. The SMILES string of the molecule is C(=Cc1cc(-c2ccccc2)nc2ccc3ccccc3c12)c1ccccc1. The minimum Gasteiger partial charge on any atom is -0.248 e. The summed E-state index contributed by atoms with van der Waals surface area (Å²) in [5.41, 5.74) is 5.52. The van der Waals surface area contributed by atoms with Crippen molar-refractivity contribution in [1.29, 1.82) is 0 Å². The molecule has 132 valence electrons. The van der Waals surface area contributed by atoms with Gasteiger partial charge in [-0.3, -0.25) is 0 Å². The molecule has 0 radical (unpaired) electrons. The van der Waals surface area contributed by atoms with Crippen molar-refractivity contribution in [3.05, 3.63) is 114 Å². The summed E-state index contributed by atoms with van der Waals surface area (Å²) in [7, 11) is 0. The lowest BCUT2D eigenvalue weighted by molar-refractivity contribution is 1.40. The molecule has 5 rings (SSSR count). The fraction of sp³-hybridized carbons (Fsp3) is 0. The maximum absolute atomic E-state index is 4.98. The number of hydrogen-bond acceptors (Lipinski definition) is 1. The van der Waals surface area contributed by atoms with Crippen LogP contribution in [0.2, 0.25) is 0 Å². The predicted molar refractivity (Wildman–Crippen MR) is 120 cm³/mol. The number of pyridine rings is 1. The minimum atomic E-state index is 0.996. The maximum Gasteiger partial charge on any atom is 0.0722 e. The summed E-state index contributed by atoms with van der Waals surface area (Å²) in [6, 6.07) is 35.8. The van der Waals surface area contributed by atoms with E-state index in [9.17, 15) is 0 Å². The Balaban J connectivity index is 1.78. The van der Waals surface area contributed by atoms with E-state index < -0.39 is 0 Å². The first kappa shape index (κ1) is 16.5. The molecule has 0 aliphatic rings. The third kappa shape index (κ3) is 3.08. The Bertz CT molecular complexity index is 1290. The van der Waals surface area contributed by atoms with Crippen molar-refractivity contribution in [3.8, 4) is 11.3 Å². The van der Waals surface area contributed by atoms with E-state index in [1.54, 1.807) is 0 Å². The number of fused-ring (bicyclic) bond motifs is 3. The number of rotatable bonds is 3. The molecule has 1 nitrogen and oxygen atoms in total. The normalized spacial score (nSPS) is 11.4. The zero-order valence-electron chi connectivity index (χ0n) is 15.4. The molecule has 0 saturated carbocycles. The van der Waals surface area contributed by atoms with Gasteiger partial charge in [-0.1, -0.05) is 103 Å². The molecule has 1 heteroatoms. The topological polar surface area (TPSA) is 12.9 Å². The summed E-state index contributed by atoms with van der Waals surface area (Å²) >= 11 is 0. The van der Waals surface area contributed by atoms with E-state index in [0.717, 1.165) is 16.8 Å². The van der Waals surface area contributed by atoms with Gasteiger partial charge < -0.3 is 0 Å². The molecule has 4 aromatic carbocycles. The fourth-order valence-electron chi connectivity index (χ4n) is 3.68. The molecule has 0 N–H and O–H groups in total. The molecule has 0 spiro atoms. The average Bonchev–Trinajstić information content (AvgIpc) is 2.78. The summed E-state index contributed by atoms with van der Waals surface area (Å²) in [6.07, 6.45) is 4.38. The van der Waals surface area contributed by atoms with E-state index in [1.165, 1.54) is 27.3 Å². The number of nitrogens with zero attached hydrogens (tertiary/aromatic N) is 1. The highest BCUT2D eigenvalue weighted by Gasteiger charge is 2.09. The van der Waals surface area contributed by atoms with Gasteiger partial charge in [0.05, 0.1) is 11.2 Å². The van der Waals surface area contributed by atoms with Crippen molar-refractivity contribution in [2.75, 3.05) is 0 Å². The molecule has 28 heavy (non-hydrogen) atoms. The zero-order chi connectivity index (χ0) is 18.8. The van der Waals surface area contributed by atoms with Crippen molar-refractivity contribution in [2.24, 2.45) is 0 Å². The van der Waals surface area contributed by atoms with Gasteiger partial charge in [-0.05, 0) is 34.0 Å². The predicted octanol–water partition coefficient (Wildman–Crippen LogP) is 7.23. The lowest BCUT2D eigenvalue weighted by Gasteiger charge is -2.10. The smallest absolute Gasteiger partial charge is 0.0722 e. The molecule has 0 saturated heterocycles. The summed E-state index contributed by atoms with van der Waals surface area (Å²) in [6.45, 7) is 0. The van der Waals surface area contributed by atoms with Gasteiger partial charge in [-0.2, -0.15) is 0 Å². The van der Waals surface area contributed by atoms with Crippen LogP contribution in [0.5, 0.6) is 0 Å². The van der Waals surface area contributed by atoms with Crippen LogP contribution < -0.4 is 0 Å². The molecule has 0 aliphatic carbocycles. The summed E-state index contributed by atoms with van der Waals surface area (Å²) < 4.78 is 0. The average molecular weight is 357 g/mol. The second-order valence-electron chi connectivity index (χ2n) is 6.89. The van der Waals surface area contributed by atoms with E-state index in [-0.39, 0.29) is 0 Å².